The van der Waals surface area contributed by atoms with Gasteiger partial charge in [0.2, 0.25) is 0 Å². The van der Waals surface area contributed by atoms with Crippen LogP contribution in [0.1, 0.15) is 18.1 Å². The molecule has 0 aliphatic heterocycles. The van der Waals surface area contributed by atoms with Crippen molar-refractivity contribution in [1.29, 1.82) is 0 Å². The summed E-state index contributed by atoms with van der Waals surface area (Å²) in [6.07, 6.45) is -1.74. The first kappa shape index (κ1) is 23.6. The molecule has 0 N–H and O–H groups in total. The van der Waals surface area contributed by atoms with Gasteiger partial charge in [0, 0.05) is 16.8 Å². The molecule has 0 atom stereocenters. The van der Waals surface area contributed by atoms with E-state index in [0.717, 1.165) is 11.1 Å². The lowest BCUT2D eigenvalue weighted by Crippen LogP contribution is -2.13. The van der Waals surface area contributed by atoms with E-state index in [9.17, 15) is 9.59 Å². The molecule has 0 unspecified atom stereocenters. The van der Waals surface area contributed by atoms with Crippen molar-refractivity contribution in [2.75, 3.05) is 6.61 Å². The Morgan fingerprint density at radius 3 is 1.71 bits per heavy atom. The van der Waals surface area contributed by atoms with Crippen molar-refractivity contribution >= 4 is 23.1 Å². The maximum atomic E-state index is 12.5. The van der Waals surface area contributed by atoms with Crippen LogP contribution in [-0.2, 0) is 22.7 Å². The summed E-state index contributed by atoms with van der Waals surface area (Å²) >= 11 is 0. The fourth-order valence-electron chi connectivity index (χ4n) is 3.41. The van der Waals surface area contributed by atoms with Crippen molar-refractivity contribution in [3.05, 3.63) is 102 Å². The highest BCUT2D eigenvalue weighted by Crippen LogP contribution is 2.42. The first-order chi connectivity index (χ1) is 17.1. The Kier molecular flexibility index (Phi) is 7.81. The SMILES string of the molecule is CCOc1cc(OC(=O)OCc2ccccc2)c2ccccc2c1OC(=O)OCc1ccccc1. The maximum absolute atomic E-state index is 12.5. The molecule has 0 aromatic heterocycles. The van der Waals surface area contributed by atoms with Crippen molar-refractivity contribution in [2.24, 2.45) is 0 Å². The lowest BCUT2D eigenvalue weighted by molar-refractivity contribution is 0.0902. The third-order valence-corrected chi connectivity index (χ3v) is 5.00. The van der Waals surface area contributed by atoms with Gasteiger partial charge in [-0.1, -0.05) is 84.9 Å². The Hall–Kier alpha value is -4.52. The Morgan fingerprint density at radius 2 is 1.14 bits per heavy atom. The van der Waals surface area contributed by atoms with Crippen LogP contribution in [0.5, 0.6) is 17.2 Å². The van der Waals surface area contributed by atoms with Crippen molar-refractivity contribution < 1.29 is 33.3 Å². The van der Waals surface area contributed by atoms with E-state index in [1.807, 2.05) is 60.7 Å². The molecule has 0 amide bonds. The average molecular weight is 472 g/mol. The Bertz CT molecular complexity index is 1290. The van der Waals surface area contributed by atoms with Crippen molar-refractivity contribution in [3.63, 3.8) is 0 Å². The van der Waals surface area contributed by atoms with Gasteiger partial charge in [-0.2, -0.15) is 0 Å². The molecule has 4 rings (SSSR count). The molecule has 0 heterocycles. The fraction of sp³-hybridized carbons (Fsp3) is 0.143. The predicted octanol–water partition coefficient (Wildman–Crippen LogP) is 6.67. The predicted molar refractivity (Wildman–Crippen MR) is 130 cm³/mol. The van der Waals surface area contributed by atoms with Crippen molar-refractivity contribution in [1.82, 2.24) is 0 Å². The molecule has 178 valence electrons. The maximum Gasteiger partial charge on any atom is 0.514 e. The summed E-state index contributed by atoms with van der Waals surface area (Å²) in [5, 5.41) is 1.06. The van der Waals surface area contributed by atoms with Crippen LogP contribution in [0.3, 0.4) is 0 Å². The summed E-state index contributed by atoms with van der Waals surface area (Å²) in [6, 6.07) is 27.1. The van der Waals surface area contributed by atoms with E-state index in [1.54, 1.807) is 31.2 Å². The van der Waals surface area contributed by atoms with Crippen LogP contribution in [-0.4, -0.2) is 18.9 Å². The van der Waals surface area contributed by atoms with Crippen LogP contribution in [0, 0.1) is 0 Å². The summed E-state index contributed by atoms with van der Waals surface area (Å²) in [7, 11) is 0. The van der Waals surface area contributed by atoms with E-state index >= 15 is 0 Å². The van der Waals surface area contributed by atoms with Crippen LogP contribution in [0.4, 0.5) is 9.59 Å². The zero-order valence-electron chi connectivity index (χ0n) is 19.1. The molecule has 35 heavy (non-hydrogen) atoms. The van der Waals surface area contributed by atoms with Gasteiger partial charge in [0.15, 0.2) is 11.5 Å². The molecule has 4 aromatic carbocycles. The van der Waals surface area contributed by atoms with E-state index in [-0.39, 0.29) is 30.5 Å². The van der Waals surface area contributed by atoms with E-state index in [0.29, 0.717) is 17.4 Å². The van der Waals surface area contributed by atoms with Crippen LogP contribution < -0.4 is 14.2 Å². The lowest BCUT2D eigenvalue weighted by atomic mass is 10.1. The van der Waals surface area contributed by atoms with Gasteiger partial charge in [-0.05, 0) is 18.1 Å². The number of carbonyl (C=O) groups is 2. The van der Waals surface area contributed by atoms with Gasteiger partial charge in [0.05, 0.1) is 6.61 Å². The molecule has 0 spiro atoms. The summed E-state index contributed by atoms with van der Waals surface area (Å²) in [5.74, 6) is 0.617. The minimum atomic E-state index is -0.879. The summed E-state index contributed by atoms with van der Waals surface area (Å²) < 4.78 is 27.2. The molecule has 0 bridgehead atoms. The van der Waals surface area contributed by atoms with Crippen molar-refractivity contribution in [3.8, 4) is 17.2 Å². The van der Waals surface area contributed by atoms with E-state index in [1.165, 1.54) is 6.07 Å². The van der Waals surface area contributed by atoms with E-state index in [4.69, 9.17) is 23.7 Å². The average Bonchev–Trinajstić information content (AvgIpc) is 2.89. The number of hydrogen-bond acceptors (Lipinski definition) is 7. The molecular formula is C28H24O7. The first-order valence-electron chi connectivity index (χ1n) is 11.1. The number of rotatable bonds is 8. The normalized spacial score (nSPS) is 10.4. The van der Waals surface area contributed by atoms with Crippen LogP contribution in [0.15, 0.2) is 91.0 Å². The Balaban J connectivity index is 1.54. The highest BCUT2D eigenvalue weighted by molar-refractivity contribution is 5.97. The van der Waals surface area contributed by atoms with Crippen LogP contribution >= 0.6 is 0 Å². The second kappa shape index (κ2) is 11.6. The third-order valence-electron chi connectivity index (χ3n) is 5.00. The molecule has 0 aliphatic carbocycles. The van der Waals surface area contributed by atoms with Gasteiger partial charge in [-0.15, -0.1) is 0 Å². The summed E-state index contributed by atoms with van der Waals surface area (Å²) in [4.78, 5) is 24.9. The molecule has 0 fully saturated rings. The molecular weight excluding hydrogens is 448 g/mol. The number of ether oxygens (including phenoxy) is 5. The monoisotopic (exact) mass is 472 g/mol. The van der Waals surface area contributed by atoms with Crippen LogP contribution in [0.2, 0.25) is 0 Å². The Labute approximate surface area is 202 Å². The van der Waals surface area contributed by atoms with Gasteiger partial charge in [0.25, 0.3) is 0 Å². The second-order valence-corrected chi connectivity index (χ2v) is 7.43. The van der Waals surface area contributed by atoms with Gasteiger partial charge in [-0.25, -0.2) is 9.59 Å². The standard InChI is InChI=1S/C28H24O7/c1-2-31-25-17-24(34-27(29)32-18-20-11-5-3-6-12-20)22-15-9-10-16-23(22)26(25)35-28(30)33-19-21-13-7-4-8-14-21/h3-17H,2,18-19H2,1H3. The third kappa shape index (κ3) is 6.29. The number of fused-ring (bicyclic) bond motifs is 1. The largest absolute Gasteiger partial charge is 0.514 e. The molecule has 0 aliphatic rings. The van der Waals surface area contributed by atoms with E-state index < -0.39 is 12.3 Å². The summed E-state index contributed by atoms with van der Waals surface area (Å²) in [6.45, 7) is 2.23. The summed E-state index contributed by atoms with van der Waals surface area (Å²) in [5.41, 5.74) is 1.67. The smallest absolute Gasteiger partial charge is 0.490 e. The fourth-order valence-corrected chi connectivity index (χ4v) is 3.41. The second-order valence-electron chi connectivity index (χ2n) is 7.43. The number of hydrogen-bond donors (Lipinski definition) is 0. The van der Waals surface area contributed by atoms with Gasteiger partial charge in [-0.3, -0.25) is 0 Å². The lowest BCUT2D eigenvalue weighted by Gasteiger charge is -2.16. The minimum absolute atomic E-state index is 0.0655. The molecule has 7 nitrogen and oxygen atoms in total. The van der Waals surface area contributed by atoms with Gasteiger partial charge < -0.3 is 23.7 Å². The topological polar surface area (TPSA) is 80.3 Å². The molecule has 0 radical (unpaired) electrons. The molecule has 7 heteroatoms. The zero-order chi connectivity index (χ0) is 24.5. The number of carbonyl (C=O) groups excluding carboxylic acids is 2. The van der Waals surface area contributed by atoms with Gasteiger partial charge >= 0.3 is 12.3 Å². The van der Waals surface area contributed by atoms with Gasteiger partial charge in [0.1, 0.15) is 19.0 Å². The first-order valence-corrected chi connectivity index (χ1v) is 11.1. The molecule has 0 saturated heterocycles. The van der Waals surface area contributed by atoms with E-state index in [2.05, 4.69) is 0 Å². The zero-order valence-corrected chi connectivity index (χ0v) is 19.1. The van der Waals surface area contributed by atoms with Crippen LogP contribution in [0.25, 0.3) is 10.8 Å². The molecule has 0 saturated carbocycles. The highest BCUT2D eigenvalue weighted by atomic mass is 16.7. The minimum Gasteiger partial charge on any atom is -0.490 e. The number of benzene rings is 4. The highest BCUT2D eigenvalue weighted by Gasteiger charge is 2.21. The quantitative estimate of drug-likeness (QED) is 0.209. The molecule has 4 aromatic rings. The van der Waals surface area contributed by atoms with Crippen molar-refractivity contribution in [2.45, 2.75) is 20.1 Å². The Morgan fingerprint density at radius 1 is 0.629 bits per heavy atom.